The second-order valence-electron chi connectivity index (χ2n) is 7.18. The predicted octanol–water partition coefficient (Wildman–Crippen LogP) is 6.03. The van der Waals surface area contributed by atoms with E-state index in [9.17, 15) is 0 Å². The van der Waals surface area contributed by atoms with Gasteiger partial charge in [-0.2, -0.15) is 0 Å². The zero-order valence-corrected chi connectivity index (χ0v) is 15.5. The van der Waals surface area contributed by atoms with Gasteiger partial charge in [-0.15, -0.1) is 11.3 Å². The van der Waals surface area contributed by atoms with Gasteiger partial charge in [-0.3, -0.25) is 9.98 Å². The van der Waals surface area contributed by atoms with Crippen LogP contribution in [0.3, 0.4) is 0 Å². The third-order valence-electron chi connectivity index (χ3n) is 5.22. The molecule has 0 aromatic carbocycles. The summed E-state index contributed by atoms with van der Waals surface area (Å²) < 4.78 is 0. The van der Waals surface area contributed by atoms with Crippen molar-refractivity contribution in [2.24, 2.45) is 9.98 Å². The maximum Gasteiger partial charge on any atom is 0.0503 e. The smallest absolute Gasteiger partial charge is 0.0503 e. The highest BCUT2D eigenvalue weighted by molar-refractivity contribution is 7.16. The van der Waals surface area contributed by atoms with Crippen LogP contribution in [0.4, 0.5) is 0 Å². The van der Waals surface area contributed by atoms with Gasteiger partial charge < -0.3 is 0 Å². The van der Waals surface area contributed by atoms with Crippen molar-refractivity contribution in [2.75, 3.05) is 0 Å². The molecule has 2 nitrogen and oxygen atoms in total. The molecule has 0 saturated heterocycles. The van der Waals surface area contributed by atoms with Gasteiger partial charge in [-0.1, -0.05) is 38.5 Å². The summed E-state index contributed by atoms with van der Waals surface area (Å²) in [5, 5.41) is 0. The second-order valence-corrected chi connectivity index (χ2v) is 8.26. The maximum atomic E-state index is 4.98. The zero-order chi connectivity index (χ0) is 16.1. The molecule has 0 bridgehead atoms. The molecule has 23 heavy (non-hydrogen) atoms. The summed E-state index contributed by atoms with van der Waals surface area (Å²) in [5.74, 6) is 0. The lowest BCUT2D eigenvalue weighted by atomic mass is 9.96. The van der Waals surface area contributed by atoms with E-state index in [1.54, 1.807) is 0 Å². The molecule has 2 saturated carbocycles. The zero-order valence-electron chi connectivity index (χ0n) is 14.7. The Kier molecular flexibility index (Phi) is 6.04. The fourth-order valence-electron chi connectivity index (χ4n) is 3.82. The van der Waals surface area contributed by atoms with Crippen LogP contribution in [0.5, 0.6) is 0 Å². The van der Waals surface area contributed by atoms with Gasteiger partial charge in [-0.25, -0.2) is 0 Å². The first-order valence-corrected chi connectivity index (χ1v) is 10.2. The lowest BCUT2D eigenvalue weighted by molar-refractivity contribution is 0.443. The van der Waals surface area contributed by atoms with Gasteiger partial charge >= 0.3 is 0 Å². The first-order valence-electron chi connectivity index (χ1n) is 9.42. The molecule has 126 valence electrons. The Bertz CT molecular complexity index is 509. The number of nitrogens with zero attached hydrogens (tertiary/aromatic N) is 2. The van der Waals surface area contributed by atoms with Crippen LogP contribution in [0.15, 0.2) is 22.1 Å². The van der Waals surface area contributed by atoms with Crippen LogP contribution in [-0.4, -0.2) is 23.5 Å². The van der Waals surface area contributed by atoms with E-state index >= 15 is 0 Å². The standard InChI is InChI=1S/C20H30N2S/c1-15(21-17-9-5-3-6-10-17)19-13-14-20(23-19)16(2)22-18-11-7-4-8-12-18/h13-14,17-18H,3-12H2,1-2H3. The Labute approximate surface area is 145 Å². The fraction of sp³-hybridized carbons (Fsp3) is 0.700. The van der Waals surface area contributed by atoms with Crippen molar-refractivity contribution in [3.8, 4) is 0 Å². The molecule has 1 heterocycles. The van der Waals surface area contributed by atoms with Crippen LogP contribution >= 0.6 is 11.3 Å². The van der Waals surface area contributed by atoms with Gasteiger partial charge in [0.2, 0.25) is 0 Å². The average Bonchev–Trinajstić information content (AvgIpc) is 3.07. The van der Waals surface area contributed by atoms with E-state index in [-0.39, 0.29) is 0 Å². The van der Waals surface area contributed by atoms with Gasteiger partial charge in [0.05, 0.1) is 12.1 Å². The minimum absolute atomic E-state index is 0.561. The number of aliphatic imine (C=N–C) groups is 2. The first-order chi connectivity index (χ1) is 11.2. The first kappa shape index (κ1) is 16.9. The van der Waals surface area contributed by atoms with Crippen molar-refractivity contribution in [3.05, 3.63) is 21.9 Å². The topological polar surface area (TPSA) is 24.7 Å². The monoisotopic (exact) mass is 330 g/mol. The number of rotatable bonds is 4. The van der Waals surface area contributed by atoms with Crippen LogP contribution in [0, 0.1) is 0 Å². The van der Waals surface area contributed by atoms with Crippen molar-refractivity contribution < 1.29 is 0 Å². The number of hydrogen-bond acceptors (Lipinski definition) is 3. The molecule has 1 aromatic heterocycles. The SMILES string of the molecule is CC(=NC1CCCCC1)c1ccc(C(C)=NC2CCCCC2)s1. The quantitative estimate of drug-likeness (QED) is 0.602. The number of thiophene rings is 1. The lowest BCUT2D eigenvalue weighted by Crippen LogP contribution is -2.12. The Morgan fingerprint density at radius 2 is 1.13 bits per heavy atom. The highest BCUT2D eigenvalue weighted by Gasteiger charge is 2.15. The maximum absolute atomic E-state index is 4.98. The molecule has 2 aliphatic rings. The molecule has 0 radical (unpaired) electrons. The van der Waals surface area contributed by atoms with Crippen molar-refractivity contribution in [1.82, 2.24) is 0 Å². The minimum Gasteiger partial charge on any atom is -0.285 e. The lowest BCUT2D eigenvalue weighted by Gasteiger charge is -2.18. The van der Waals surface area contributed by atoms with Crippen LogP contribution < -0.4 is 0 Å². The van der Waals surface area contributed by atoms with Crippen LogP contribution in [0.1, 0.15) is 87.8 Å². The van der Waals surface area contributed by atoms with Crippen molar-refractivity contribution in [1.29, 1.82) is 0 Å². The molecule has 0 spiro atoms. The molecule has 0 N–H and O–H groups in total. The fourth-order valence-corrected chi connectivity index (χ4v) is 4.73. The van der Waals surface area contributed by atoms with Crippen molar-refractivity contribution in [3.63, 3.8) is 0 Å². The second kappa shape index (κ2) is 8.23. The Balaban J connectivity index is 1.66. The van der Waals surface area contributed by atoms with Crippen molar-refractivity contribution in [2.45, 2.75) is 90.1 Å². The van der Waals surface area contributed by atoms with E-state index in [1.807, 2.05) is 11.3 Å². The van der Waals surface area contributed by atoms with Crippen LogP contribution in [0.2, 0.25) is 0 Å². The normalized spacial score (nSPS) is 22.5. The largest absolute Gasteiger partial charge is 0.285 e. The summed E-state index contributed by atoms with van der Waals surface area (Å²) in [5.41, 5.74) is 2.44. The summed E-state index contributed by atoms with van der Waals surface area (Å²) in [6.45, 7) is 4.36. The Morgan fingerprint density at radius 1 is 0.739 bits per heavy atom. The van der Waals surface area contributed by atoms with Crippen molar-refractivity contribution >= 4 is 22.8 Å². The molecule has 0 amide bonds. The highest BCUT2D eigenvalue weighted by atomic mass is 32.1. The van der Waals surface area contributed by atoms with Crippen LogP contribution in [-0.2, 0) is 0 Å². The molecule has 0 aliphatic heterocycles. The van der Waals surface area contributed by atoms with Gasteiger partial charge in [-0.05, 0) is 51.7 Å². The molecule has 2 aliphatic carbocycles. The molecule has 0 atom stereocenters. The molecule has 3 heteroatoms. The third-order valence-corrected chi connectivity index (χ3v) is 6.52. The van der Waals surface area contributed by atoms with E-state index in [0.717, 1.165) is 0 Å². The highest BCUT2D eigenvalue weighted by Crippen LogP contribution is 2.25. The molecule has 2 fully saturated rings. The molecule has 0 unspecified atom stereocenters. The van der Waals surface area contributed by atoms with Gasteiger partial charge in [0.1, 0.15) is 0 Å². The van der Waals surface area contributed by atoms with Gasteiger partial charge in [0.15, 0.2) is 0 Å². The van der Waals surface area contributed by atoms with E-state index in [0.29, 0.717) is 12.1 Å². The minimum atomic E-state index is 0.561. The third kappa shape index (κ3) is 4.76. The van der Waals surface area contributed by atoms with E-state index in [1.165, 1.54) is 85.4 Å². The van der Waals surface area contributed by atoms with E-state index in [2.05, 4.69) is 26.0 Å². The summed E-state index contributed by atoms with van der Waals surface area (Å²) in [7, 11) is 0. The summed E-state index contributed by atoms with van der Waals surface area (Å²) in [6.07, 6.45) is 13.3. The summed E-state index contributed by atoms with van der Waals surface area (Å²) >= 11 is 1.86. The molecule has 3 rings (SSSR count). The Morgan fingerprint density at radius 3 is 1.52 bits per heavy atom. The van der Waals surface area contributed by atoms with Gasteiger partial charge in [0, 0.05) is 21.2 Å². The summed E-state index contributed by atoms with van der Waals surface area (Å²) in [6, 6.07) is 5.60. The molecular weight excluding hydrogens is 300 g/mol. The summed E-state index contributed by atoms with van der Waals surface area (Å²) in [4.78, 5) is 12.6. The number of hydrogen-bond donors (Lipinski definition) is 0. The molecule has 1 aromatic rings. The average molecular weight is 331 g/mol. The van der Waals surface area contributed by atoms with E-state index < -0.39 is 0 Å². The predicted molar refractivity (Wildman–Crippen MR) is 102 cm³/mol. The van der Waals surface area contributed by atoms with Gasteiger partial charge in [0.25, 0.3) is 0 Å². The Hall–Kier alpha value is -0.960. The van der Waals surface area contributed by atoms with Crippen LogP contribution in [0.25, 0.3) is 0 Å². The van der Waals surface area contributed by atoms with E-state index in [4.69, 9.17) is 9.98 Å². The molecular formula is C20H30N2S.